The first-order valence-electron chi connectivity index (χ1n) is 3.49. The van der Waals surface area contributed by atoms with Crippen LogP contribution in [0.1, 0.15) is 0 Å². The molecule has 0 fully saturated rings. The quantitative estimate of drug-likeness (QED) is 0.267. The van der Waals surface area contributed by atoms with Crippen LogP contribution in [0.15, 0.2) is 11.3 Å². The zero-order valence-electron chi connectivity index (χ0n) is 7.84. The number of alkyl halides is 3. The number of esters is 2. The van der Waals surface area contributed by atoms with E-state index in [0.717, 1.165) is 14.2 Å². The molecule has 0 amide bonds. The van der Waals surface area contributed by atoms with Crippen molar-refractivity contribution in [1.29, 1.82) is 0 Å². The van der Waals surface area contributed by atoms with Crippen molar-refractivity contribution in [3.05, 3.63) is 11.3 Å². The standard InChI is InChI=1S/C7H8Cl3NO4/c1-14-5(12)3(6(13)15-2)4(11)7(8,9)10/h11H2,1-2H3. The summed E-state index contributed by atoms with van der Waals surface area (Å²) < 4.78 is 6.51. The Kier molecular flexibility index (Phi) is 5.20. The predicted molar refractivity (Wildman–Crippen MR) is 55.5 cm³/mol. The molecule has 5 nitrogen and oxygen atoms in total. The SMILES string of the molecule is COC(=O)C(C(=O)OC)=C(N)C(Cl)(Cl)Cl. The van der Waals surface area contributed by atoms with Gasteiger partial charge in [-0.05, 0) is 0 Å². The maximum absolute atomic E-state index is 11.2. The van der Waals surface area contributed by atoms with E-state index < -0.39 is 27.0 Å². The van der Waals surface area contributed by atoms with Gasteiger partial charge in [0.2, 0.25) is 3.79 Å². The average Bonchev–Trinajstić information content (AvgIpc) is 2.15. The van der Waals surface area contributed by atoms with Gasteiger partial charge < -0.3 is 15.2 Å². The molecule has 0 aliphatic heterocycles. The first kappa shape index (κ1) is 14.3. The molecule has 0 radical (unpaired) electrons. The first-order chi connectivity index (χ1) is 6.75. The highest BCUT2D eigenvalue weighted by atomic mass is 35.6. The van der Waals surface area contributed by atoms with E-state index in [1.54, 1.807) is 0 Å². The molecule has 8 heteroatoms. The molecule has 0 aromatic heterocycles. The zero-order valence-corrected chi connectivity index (χ0v) is 10.1. The monoisotopic (exact) mass is 275 g/mol. The second-order valence-electron chi connectivity index (χ2n) is 2.27. The van der Waals surface area contributed by atoms with E-state index in [4.69, 9.17) is 40.5 Å². The van der Waals surface area contributed by atoms with Gasteiger partial charge in [-0.1, -0.05) is 34.8 Å². The van der Waals surface area contributed by atoms with Gasteiger partial charge in [-0.25, -0.2) is 9.59 Å². The molecule has 86 valence electrons. The lowest BCUT2D eigenvalue weighted by atomic mass is 10.2. The van der Waals surface area contributed by atoms with E-state index in [1.807, 2.05) is 0 Å². The van der Waals surface area contributed by atoms with Crippen LogP contribution in [0.2, 0.25) is 0 Å². The molecule has 0 saturated heterocycles. The summed E-state index contributed by atoms with van der Waals surface area (Å²) in [5.74, 6) is -2.07. The predicted octanol–water partition coefficient (Wildman–Crippen LogP) is 0.915. The van der Waals surface area contributed by atoms with Crippen LogP contribution < -0.4 is 5.73 Å². The van der Waals surface area contributed by atoms with Crippen LogP contribution in [0.5, 0.6) is 0 Å². The van der Waals surface area contributed by atoms with Crippen LogP contribution in [-0.4, -0.2) is 30.0 Å². The lowest BCUT2D eigenvalue weighted by Crippen LogP contribution is -2.27. The minimum Gasteiger partial charge on any atom is -0.465 e. The van der Waals surface area contributed by atoms with Gasteiger partial charge in [0.05, 0.1) is 19.9 Å². The highest BCUT2D eigenvalue weighted by Gasteiger charge is 2.34. The van der Waals surface area contributed by atoms with Gasteiger partial charge in [0, 0.05) is 0 Å². The molecule has 0 bridgehead atoms. The molecule has 0 aromatic carbocycles. The van der Waals surface area contributed by atoms with Crippen molar-refractivity contribution in [3.63, 3.8) is 0 Å². The van der Waals surface area contributed by atoms with Gasteiger partial charge in [-0.15, -0.1) is 0 Å². The number of hydrogen-bond acceptors (Lipinski definition) is 5. The fourth-order valence-electron chi connectivity index (χ4n) is 0.649. The molecule has 2 N–H and O–H groups in total. The molecule has 0 aliphatic carbocycles. The highest BCUT2D eigenvalue weighted by Crippen LogP contribution is 2.33. The molecule has 0 atom stereocenters. The Morgan fingerprint density at radius 2 is 1.40 bits per heavy atom. The number of nitrogens with two attached hydrogens (primary N) is 1. The summed E-state index contributed by atoms with van der Waals surface area (Å²) in [4.78, 5) is 22.3. The lowest BCUT2D eigenvalue weighted by molar-refractivity contribution is -0.144. The maximum atomic E-state index is 11.2. The number of carbonyl (C=O) groups excluding carboxylic acids is 2. The van der Waals surface area contributed by atoms with Crippen molar-refractivity contribution in [1.82, 2.24) is 0 Å². The number of ether oxygens (including phenoxy) is 2. The van der Waals surface area contributed by atoms with Crippen molar-refractivity contribution in [2.75, 3.05) is 14.2 Å². The third kappa shape index (κ3) is 3.77. The van der Waals surface area contributed by atoms with E-state index in [9.17, 15) is 9.59 Å². The van der Waals surface area contributed by atoms with E-state index in [2.05, 4.69) is 9.47 Å². The largest absolute Gasteiger partial charge is 0.465 e. The van der Waals surface area contributed by atoms with Crippen LogP contribution >= 0.6 is 34.8 Å². The molecule has 0 aromatic rings. The van der Waals surface area contributed by atoms with E-state index in [0.29, 0.717) is 0 Å². The molecule has 0 spiro atoms. The minimum atomic E-state index is -2.09. The Morgan fingerprint density at radius 1 is 1.07 bits per heavy atom. The molecule has 0 rings (SSSR count). The summed E-state index contributed by atoms with van der Waals surface area (Å²) in [6.45, 7) is 0. The Balaban J connectivity index is 5.46. The van der Waals surface area contributed by atoms with Crippen molar-refractivity contribution < 1.29 is 19.1 Å². The Morgan fingerprint density at radius 3 is 1.60 bits per heavy atom. The normalized spacial score (nSPS) is 10.5. The lowest BCUT2D eigenvalue weighted by Gasteiger charge is -2.14. The molecular weight excluding hydrogens is 268 g/mol. The van der Waals surface area contributed by atoms with Crippen molar-refractivity contribution in [3.8, 4) is 0 Å². The number of allylic oxidation sites excluding steroid dienone is 1. The van der Waals surface area contributed by atoms with Crippen LogP contribution in [-0.2, 0) is 19.1 Å². The highest BCUT2D eigenvalue weighted by molar-refractivity contribution is 6.69. The number of carbonyl (C=O) groups is 2. The van der Waals surface area contributed by atoms with E-state index in [1.165, 1.54) is 0 Å². The molecule has 15 heavy (non-hydrogen) atoms. The van der Waals surface area contributed by atoms with Gasteiger partial charge in [-0.3, -0.25) is 0 Å². The van der Waals surface area contributed by atoms with Crippen molar-refractivity contribution in [2.24, 2.45) is 5.73 Å². The van der Waals surface area contributed by atoms with Crippen molar-refractivity contribution >= 4 is 46.7 Å². The Hall–Kier alpha value is -0.650. The number of rotatable bonds is 2. The topological polar surface area (TPSA) is 78.6 Å². The van der Waals surface area contributed by atoms with Gasteiger partial charge in [-0.2, -0.15) is 0 Å². The maximum Gasteiger partial charge on any atom is 0.347 e. The summed E-state index contributed by atoms with van der Waals surface area (Å²) in [6, 6.07) is 0. The van der Waals surface area contributed by atoms with Crippen LogP contribution in [0.25, 0.3) is 0 Å². The third-order valence-corrected chi connectivity index (χ3v) is 1.96. The fraction of sp³-hybridized carbons (Fsp3) is 0.429. The van der Waals surface area contributed by atoms with Gasteiger partial charge in [0.1, 0.15) is 0 Å². The van der Waals surface area contributed by atoms with Crippen LogP contribution in [0.3, 0.4) is 0 Å². The van der Waals surface area contributed by atoms with Crippen molar-refractivity contribution in [2.45, 2.75) is 3.79 Å². The third-order valence-electron chi connectivity index (χ3n) is 1.35. The minimum absolute atomic E-state index is 0.550. The Bertz CT molecular complexity index is 290. The number of halogens is 3. The molecule has 0 unspecified atom stereocenters. The second-order valence-corrected chi connectivity index (χ2v) is 4.55. The summed E-state index contributed by atoms with van der Waals surface area (Å²) >= 11 is 16.2. The van der Waals surface area contributed by atoms with E-state index in [-0.39, 0.29) is 0 Å². The second kappa shape index (κ2) is 5.44. The van der Waals surface area contributed by atoms with Gasteiger partial charge in [0.15, 0.2) is 5.57 Å². The molecule has 0 aliphatic rings. The summed E-state index contributed by atoms with van der Waals surface area (Å²) in [6.07, 6.45) is 0. The summed E-state index contributed by atoms with van der Waals surface area (Å²) in [7, 11) is 2.11. The molecule has 0 saturated carbocycles. The average molecular weight is 277 g/mol. The number of hydrogen-bond donors (Lipinski definition) is 1. The fourth-order valence-corrected chi connectivity index (χ4v) is 0.933. The molecular formula is C7H8Cl3NO4. The zero-order chi connectivity index (χ0) is 12.2. The van der Waals surface area contributed by atoms with Gasteiger partial charge >= 0.3 is 11.9 Å². The Labute approximate surface area is 101 Å². The van der Waals surface area contributed by atoms with Crippen LogP contribution in [0.4, 0.5) is 0 Å². The van der Waals surface area contributed by atoms with Crippen LogP contribution in [0, 0.1) is 0 Å². The first-order valence-corrected chi connectivity index (χ1v) is 4.62. The smallest absolute Gasteiger partial charge is 0.347 e. The summed E-state index contributed by atoms with van der Waals surface area (Å²) in [5, 5.41) is 0. The summed E-state index contributed by atoms with van der Waals surface area (Å²) in [5.41, 5.74) is 4.14. The molecule has 0 heterocycles. The number of methoxy groups -OCH3 is 2. The van der Waals surface area contributed by atoms with E-state index >= 15 is 0 Å². The van der Waals surface area contributed by atoms with Gasteiger partial charge in [0.25, 0.3) is 0 Å².